The first-order valence-corrected chi connectivity index (χ1v) is 7.56. The van der Waals surface area contributed by atoms with Crippen LogP contribution in [0.3, 0.4) is 0 Å². The quantitative estimate of drug-likeness (QED) is 0.806. The van der Waals surface area contributed by atoms with E-state index in [4.69, 9.17) is 0 Å². The summed E-state index contributed by atoms with van der Waals surface area (Å²) >= 11 is 0. The van der Waals surface area contributed by atoms with Crippen molar-refractivity contribution in [2.45, 2.75) is 20.4 Å². The Balaban J connectivity index is 1.79. The average Bonchev–Trinajstić information content (AvgIpc) is 3.15. The predicted octanol–water partition coefficient (Wildman–Crippen LogP) is 2.76. The maximum absolute atomic E-state index is 12.5. The second kappa shape index (κ2) is 6.12. The number of aryl methyl sites for hydroxylation is 3. The van der Waals surface area contributed by atoms with Crippen LogP contribution in [-0.2, 0) is 13.6 Å². The van der Waals surface area contributed by atoms with Gasteiger partial charge in [-0.05, 0) is 37.1 Å². The molecule has 1 amide bonds. The van der Waals surface area contributed by atoms with Crippen LogP contribution in [0.4, 0.5) is 0 Å². The van der Waals surface area contributed by atoms with E-state index in [0.717, 1.165) is 11.4 Å². The number of amides is 1. The first-order chi connectivity index (χ1) is 11.1. The van der Waals surface area contributed by atoms with E-state index in [1.807, 2.05) is 36.1 Å². The Kier molecular flexibility index (Phi) is 4.02. The topological polar surface area (TPSA) is 51.9 Å². The molecule has 5 heteroatoms. The van der Waals surface area contributed by atoms with Crippen LogP contribution in [0.5, 0.6) is 0 Å². The van der Waals surface area contributed by atoms with Gasteiger partial charge in [-0.2, -0.15) is 5.10 Å². The van der Waals surface area contributed by atoms with E-state index in [2.05, 4.69) is 42.5 Å². The molecule has 0 radical (unpaired) electrons. The number of aromatic nitrogens is 3. The zero-order valence-electron chi connectivity index (χ0n) is 13.6. The van der Waals surface area contributed by atoms with Crippen molar-refractivity contribution >= 4 is 5.91 Å². The third-order valence-corrected chi connectivity index (χ3v) is 3.94. The lowest BCUT2D eigenvalue weighted by Gasteiger charge is -2.10. The zero-order valence-corrected chi connectivity index (χ0v) is 13.6. The summed E-state index contributed by atoms with van der Waals surface area (Å²) in [5.41, 5.74) is 4.09. The van der Waals surface area contributed by atoms with Gasteiger partial charge in [0.2, 0.25) is 0 Å². The molecule has 0 aliphatic rings. The second-order valence-electron chi connectivity index (χ2n) is 5.71. The second-order valence-corrected chi connectivity index (χ2v) is 5.71. The molecule has 0 aliphatic carbocycles. The number of carbonyl (C=O) groups excluding carboxylic acids is 1. The number of nitrogens with zero attached hydrogens (tertiary/aromatic N) is 3. The zero-order chi connectivity index (χ0) is 16.4. The SMILES string of the molecule is Cc1ccc(CNC(=O)c2cnn(C)c2-n2cccc2)c(C)c1. The number of hydrogen-bond donors (Lipinski definition) is 1. The van der Waals surface area contributed by atoms with Crippen molar-refractivity contribution in [2.75, 3.05) is 0 Å². The Morgan fingerprint density at radius 3 is 2.65 bits per heavy atom. The van der Waals surface area contributed by atoms with Gasteiger partial charge in [-0.3, -0.25) is 9.48 Å². The molecule has 3 aromatic rings. The Morgan fingerprint density at radius 1 is 1.22 bits per heavy atom. The summed E-state index contributed by atoms with van der Waals surface area (Å²) < 4.78 is 3.59. The first-order valence-electron chi connectivity index (χ1n) is 7.56. The predicted molar refractivity (Wildman–Crippen MR) is 89.6 cm³/mol. The third kappa shape index (κ3) is 3.04. The van der Waals surface area contributed by atoms with E-state index in [-0.39, 0.29) is 5.91 Å². The fraction of sp³-hybridized carbons (Fsp3) is 0.222. The van der Waals surface area contributed by atoms with Gasteiger partial charge < -0.3 is 9.88 Å². The number of rotatable bonds is 4. The molecule has 2 heterocycles. The normalized spacial score (nSPS) is 10.7. The molecule has 0 atom stereocenters. The fourth-order valence-corrected chi connectivity index (χ4v) is 2.69. The molecular formula is C18H20N4O. The van der Waals surface area contributed by atoms with Crippen molar-refractivity contribution in [1.29, 1.82) is 0 Å². The van der Waals surface area contributed by atoms with Gasteiger partial charge in [0.15, 0.2) is 0 Å². The van der Waals surface area contributed by atoms with E-state index in [9.17, 15) is 4.79 Å². The summed E-state index contributed by atoms with van der Waals surface area (Å²) in [4.78, 5) is 12.5. The van der Waals surface area contributed by atoms with Crippen molar-refractivity contribution in [3.8, 4) is 5.82 Å². The highest BCUT2D eigenvalue weighted by Gasteiger charge is 2.17. The molecule has 0 unspecified atom stereocenters. The van der Waals surface area contributed by atoms with E-state index in [0.29, 0.717) is 12.1 Å². The molecule has 0 saturated carbocycles. The third-order valence-electron chi connectivity index (χ3n) is 3.94. The molecule has 2 aromatic heterocycles. The summed E-state index contributed by atoms with van der Waals surface area (Å²) in [6.45, 7) is 4.63. The first kappa shape index (κ1) is 15.1. The van der Waals surface area contributed by atoms with E-state index < -0.39 is 0 Å². The minimum atomic E-state index is -0.123. The molecule has 0 saturated heterocycles. The molecule has 5 nitrogen and oxygen atoms in total. The van der Waals surface area contributed by atoms with Crippen LogP contribution in [0.1, 0.15) is 27.0 Å². The number of hydrogen-bond acceptors (Lipinski definition) is 2. The Labute approximate surface area is 135 Å². The van der Waals surface area contributed by atoms with Crippen LogP contribution in [0.2, 0.25) is 0 Å². The van der Waals surface area contributed by atoms with Gasteiger partial charge in [-0.1, -0.05) is 23.8 Å². The van der Waals surface area contributed by atoms with Crippen molar-refractivity contribution in [3.63, 3.8) is 0 Å². The Morgan fingerprint density at radius 2 is 1.96 bits per heavy atom. The molecule has 118 valence electrons. The van der Waals surface area contributed by atoms with Crippen LogP contribution < -0.4 is 5.32 Å². The van der Waals surface area contributed by atoms with E-state index >= 15 is 0 Å². The Bertz CT molecular complexity index is 831. The van der Waals surface area contributed by atoms with Gasteiger partial charge in [0.25, 0.3) is 5.91 Å². The van der Waals surface area contributed by atoms with Crippen LogP contribution in [-0.4, -0.2) is 20.3 Å². The summed E-state index contributed by atoms with van der Waals surface area (Å²) in [7, 11) is 1.83. The van der Waals surface area contributed by atoms with Crippen molar-refractivity contribution < 1.29 is 4.79 Å². The highest BCUT2D eigenvalue weighted by Crippen LogP contribution is 2.15. The van der Waals surface area contributed by atoms with E-state index in [1.54, 1.807) is 10.9 Å². The minimum Gasteiger partial charge on any atom is -0.348 e. The Hall–Kier alpha value is -2.82. The molecule has 3 rings (SSSR count). The van der Waals surface area contributed by atoms with Crippen LogP contribution in [0, 0.1) is 13.8 Å². The monoisotopic (exact) mass is 308 g/mol. The highest BCUT2D eigenvalue weighted by molar-refractivity contribution is 5.97. The minimum absolute atomic E-state index is 0.123. The number of nitrogens with one attached hydrogen (secondary N) is 1. The summed E-state index contributed by atoms with van der Waals surface area (Å²) in [6, 6.07) is 10.1. The number of benzene rings is 1. The molecule has 0 bridgehead atoms. The average molecular weight is 308 g/mol. The maximum atomic E-state index is 12.5. The summed E-state index contributed by atoms with van der Waals surface area (Å²) in [5, 5.41) is 7.20. The molecule has 0 fully saturated rings. The summed E-state index contributed by atoms with van der Waals surface area (Å²) in [5.74, 6) is 0.634. The largest absolute Gasteiger partial charge is 0.348 e. The maximum Gasteiger partial charge on any atom is 0.256 e. The van der Waals surface area contributed by atoms with Gasteiger partial charge >= 0.3 is 0 Å². The van der Waals surface area contributed by atoms with Gasteiger partial charge in [0, 0.05) is 26.0 Å². The van der Waals surface area contributed by atoms with E-state index in [1.165, 1.54) is 11.1 Å². The lowest BCUT2D eigenvalue weighted by Crippen LogP contribution is -2.24. The highest BCUT2D eigenvalue weighted by atomic mass is 16.1. The summed E-state index contributed by atoms with van der Waals surface area (Å²) in [6.07, 6.45) is 5.41. The lowest BCUT2D eigenvalue weighted by atomic mass is 10.1. The van der Waals surface area contributed by atoms with Crippen molar-refractivity contribution in [1.82, 2.24) is 19.7 Å². The smallest absolute Gasteiger partial charge is 0.256 e. The molecule has 23 heavy (non-hydrogen) atoms. The molecule has 0 aliphatic heterocycles. The van der Waals surface area contributed by atoms with Crippen LogP contribution >= 0.6 is 0 Å². The van der Waals surface area contributed by atoms with Gasteiger partial charge in [-0.25, -0.2) is 0 Å². The van der Waals surface area contributed by atoms with Gasteiger partial charge in [-0.15, -0.1) is 0 Å². The molecule has 1 N–H and O–H groups in total. The van der Waals surface area contributed by atoms with Crippen LogP contribution in [0.15, 0.2) is 48.9 Å². The number of carbonyl (C=O) groups is 1. The van der Waals surface area contributed by atoms with Gasteiger partial charge in [0.1, 0.15) is 11.4 Å². The molecule has 0 spiro atoms. The fourth-order valence-electron chi connectivity index (χ4n) is 2.69. The van der Waals surface area contributed by atoms with Crippen molar-refractivity contribution in [2.24, 2.45) is 7.05 Å². The molecule has 1 aromatic carbocycles. The molecular weight excluding hydrogens is 288 g/mol. The van der Waals surface area contributed by atoms with Crippen molar-refractivity contribution in [3.05, 3.63) is 71.2 Å². The lowest BCUT2D eigenvalue weighted by molar-refractivity contribution is 0.0951. The van der Waals surface area contributed by atoms with Gasteiger partial charge in [0.05, 0.1) is 6.20 Å². The van der Waals surface area contributed by atoms with Crippen LogP contribution in [0.25, 0.3) is 5.82 Å². The standard InChI is InChI=1S/C18H20N4O/c1-13-6-7-15(14(2)10-13)11-19-17(23)16-12-20-21(3)18(16)22-8-4-5-9-22/h4-10,12H,11H2,1-3H3,(H,19,23).